The summed E-state index contributed by atoms with van der Waals surface area (Å²) < 4.78 is 55.9. The lowest BCUT2D eigenvalue weighted by Gasteiger charge is -2.38. The number of alkyl halides is 3. The van der Waals surface area contributed by atoms with Crippen molar-refractivity contribution in [2.75, 3.05) is 53.6 Å². The number of amides is 1. The Morgan fingerprint density at radius 2 is 2.13 bits per heavy atom. The quantitative estimate of drug-likeness (QED) is 0.545. The van der Waals surface area contributed by atoms with Crippen molar-refractivity contribution in [2.24, 2.45) is 11.3 Å². The van der Waals surface area contributed by atoms with Crippen LogP contribution in [-0.2, 0) is 42.9 Å². The van der Waals surface area contributed by atoms with Crippen LogP contribution in [0.5, 0.6) is 0 Å². The lowest BCUT2D eigenvalue weighted by molar-refractivity contribution is -0.145. The van der Waals surface area contributed by atoms with Crippen molar-refractivity contribution in [1.82, 2.24) is 20.1 Å². The molecule has 3 aliphatic heterocycles. The van der Waals surface area contributed by atoms with Gasteiger partial charge in [0.25, 0.3) is 0 Å². The maximum Gasteiger partial charge on any atom is 0.417 e. The van der Waals surface area contributed by atoms with Crippen molar-refractivity contribution in [3.8, 4) is 0 Å². The lowest BCUT2D eigenvalue weighted by atomic mass is 9.78. The van der Waals surface area contributed by atoms with Crippen LogP contribution in [0, 0.1) is 11.3 Å². The van der Waals surface area contributed by atoms with Gasteiger partial charge < -0.3 is 24.4 Å². The number of pyridine rings is 1. The topological polar surface area (TPSA) is 93.2 Å². The molecular formula is C26H35F3N4O5. The third kappa shape index (κ3) is 5.28. The van der Waals surface area contributed by atoms with Gasteiger partial charge in [-0.05, 0) is 36.8 Å². The third-order valence-corrected chi connectivity index (χ3v) is 8.66. The Morgan fingerprint density at radius 1 is 1.32 bits per heavy atom. The number of carbonyl (C=O) groups excluding carboxylic acids is 2. The second-order valence-corrected chi connectivity index (χ2v) is 11.0. The molecule has 0 aromatic carbocycles. The van der Waals surface area contributed by atoms with E-state index in [4.69, 9.17) is 14.2 Å². The number of esters is 1. The number of rotatable bonds is 6. The Balaban J connectivity index is 1.36. The molecule has 0 radical (unpaired) electrons. The molecule has 0 spiro atoms. The minimum atomic E-state index is -4.49. The summed E-state index contributed by atoms with van der Waals surface area (Å²) in [6.07, 6.45) is -1.12. The summed E-state index contributed by atoms with van der Waals surface area (Å²) in [6.45, 7) is 2.77. The molecule has 4 heterocycles. The van der Waals surface area contributed by atoms with Crippen LogP contribution in [0.3, 0.4) is 0 Å². The molecular weight excluding hydrogens is 505 g/mol. The van der Waals surface area contributed by atoms with Crippen LogP contribution in [-0.4, -0.2) is 98.5 Å². The summed E-state index contributed by atoms with van der Waals surface area (Å²) in [7, 11) is 3.01. The normalized spacial score (nSPS) is 31.7. The summed E-state index contributed by atoms with van der Waals surface area (Å²) >= 11 is 0. The van der Waals surface area contributed by atoms with E-state index in [1.165, 1.54) is 7.11 Å². The molecule has 1 aromatic rings. The number of likely N-dealkylation sites (tertiary alicyclic amines) is 1. The zero-order valence-corrected chi connectivity index (χ0v) is 21.8. The van der Waals surface area contributed by atoms with E-state index in [1.807, 2.05) is 4.90 Å². The first-order chi connectivity index (χ1) is 18.1. The SMILES string of the molecule is COC(=O)CN1C[C@@H]2C[C@@H](NC3CCOCC3OC)C[C@]2(C(=O)N2CCc3ncc(C(F)(F)F)cc3C2)C1. The molecule has 38 heavy (non-hydrogen) atoms. The van der Waals surface area contributed by atoms with Crippen molar-refractivity contribution >= 4 is 11.9 Å². The number of halogens is 3. The zero-order chi connectivity index (χ0) is 27.1. The first-order valence-electron chi connectivity index (χ1n) is 13.1. The standard InChI is InChI=1S/C26H35F3N4O5/c1-36-22-14-38-6-4-21(22)31-19-8-18-12-32(13-23(34)37-2)15-25(18,9-19)24(35)33-5-3-20-16(11-33)7-17(10-30-20)26(27,28)29/h7,10,18-19,21-22,31H,3-6,8-9,11-15H2,1-2H3/t18-,19+,21?,22?,25-/m0/s1. The zero-order valence-electron chi connectivity index (χ0n) is 21.8. The van der Waals surface area contributed by atoms with Gasteiger partial charge in [-0.15, -0.1) is 0 Å². The number of nitrogens with one attached hydrogen (secondary N) is 1. The molecule has 1 saturated carbocycles. The number of nitrogens with zero attached hydrogens (tertiary/aromatic N) is 3. The first-order valence-corrected chi connectivity index (χ1v) is 13.1. The second-order valence-electron chi connectivity index (χ2n) is 11.0. The number of ether oxygens (including phenoxy) is 3. The van der Waals surface area contributed by atoms with Gasteiger partial charge >= 0.3 is 12.1 Å². The number of hydrogen-bond acceptors (Lipinski definition) is 8. The highest BCUT2D eigenvalue weighted by molar-refractivity contribution is 5.85. The Bertz CT molecular complexity index is 1060. The molecule has 2 unspecified atom stereocenters. The van der Waals surface area contributed by atoms with Crippen LogP contribution in [0.4, 0.5) is 13.2 Å². The van der Waals surface area contributed by atoms with Gasteiger partial charge in [0.1, 0.15) is 0 Å². The van der Waals surface area contributed by atoms with Gasteiger partial charge in [-0.1, -0.05) is 0 Å². The van der Waals surface area contributed by atoms with E-state index in [0.717, 1.165) is 25.1 Å². The predicted octanol–water partition coefficient (Wildman–Crippen LogP) is 1.63. The van der Waals surface area contributed by atoms with Crippen molar-refractivity contribution in [2.45, 2.75) is 56.6 Å². The van der Waals surface area contributed by atoms with E-state index in [2.05, 4.69) is 10.3 Å². The summed E-state index contributed by atoms with van der Waals surface area (Å²) in [6, 6.07) is 1.31. The molecule has 0 bridgehead atoms. The molecule has 5 atom stereocenters. The average molecular weight is 541 g/mol. The second kappa shape index (κ2) is 10.7. The van der Waals surface area contributed by atoms with E-state index in [-0.39, 0.29) is 49.1 Å². The van der Waals surface area contributed by atoms with Crippen LogP contribution in [0.15, 0.2) is 12.3 Å². The average Bonchev–Trinajstić information content (AvgIpc) is 3.41. The first kappa shape index (κ1) is 27.3. The Hall–Kier alpha value is -2.28. The number of methoxy groups -OCH3 is 2. The smallest absolute Gasteiger partial charge is 0.417 e. The largest absolute Gasteiger partial charge is 0.468 e. The van der Waals surface area contributed by atoms with Gasteiger partial charge in [-0.2, -0.15) is 13.2 Å². The molecule has 1 aliphatic carbocycles. The van der Waals surface area contributed by atoms with Crippen LogP contribution in [0.1, 0.15) is 36.1 Å². The minimum absolute atomic E-state index is 0.0130. The van der Waals surface area contributed by atoms with Crippen molar-refractivity contribution < 1.29 is 37.0 Å². The monoisotopic (exact) mass is 540 g/mol. The van der Waals surface area contributed by atoms with Crippen LogP contribution in [0.2, 0.25) is 0 Å². The van der Waals surface area contributed by atoms with Gasteiger partial charge in [-0.3, -0.25) is 19.5 Å². The van der Waals surface area contributed by atoms with Crippen molar-refractivity contribution in [1.29, 1.82) is 0 Å². The van der Waals surface area contributed by atoms with Crippen LogP contribution >= 0.6 is 0 Å². The highest BCUT2D eigenvalue weighted by atomic mass is 19.4. The maximum atomic E-state index is 14.2. The highest BCUT2D eigenvalue weighted by Gasteiger charge is 2.59. The molecule has 2 saturated heterocycles. The number of carbonyl (C=O) groups is 2. The lowest BCUT2D eigenvalue weighted by Crippen LogP contribution is -2.52. The fourth-order valence-corrected chi connectivity index (χ4v) is 6.81. The van der Waals surface area contributed by atoms with E-state index in [0.29, 0.717) is 56.9 Å². The summed E-state index contributed by atoms with van der Waals surface area (Å²) in [5.41, 5.74) is -0.493. The molecule has 4 aliphatic rings. The van der Waals surface area contributed by atoms with Crippen LogP contribution < -0.4 is 5.32 Å². The van der Waals surface area contributed by atoms with Crippen molar-refractivity contribution in [3.05, 3.63) is 29.1 Å². The number of fused-ring (bicyclic) bond motifs is 2. The fourth-order valence-electron chi connectivity index (χ4n) is 6.81. The maximum absolute atomic E-state index is 14.2. The van der Waals surface area contributed by atoms with Gasteiger partial charge in [0.05, 0.1) is 37.3 Å². The van der Waals surface area contributed by atoms with Gasteiger partial charge in [0, 0.05) is 70.3 Å². The molecule has 1 N–H and O–H groups in total. The van der Waals surface area contributed by atoms with E-state index >= 15 is 0 Å². The van der Waals surface area contributed by atoms with E-state index < -0.39 is 17.2 Å². The minimum Gasteiger partial charge on any atom is -0.468 e. The highest BCUT2D eigenvalue weighted by Crippen LogP contribution is 2.50. The Morgan fingerprint density at radius 3 is 2.87 bits per heavy atom. The van der Waals surface area contributed by atoms with Gasteiger partial charge in [0.15, 0.2) is 0 Å². The van der Waals surface area contributed by atoms with Crippen LogP contribution in [0.25, 0.3) is 0 Å². The Kier molecular flexibility index (Phi) is 7.69. The van der Waals surface area contributed by atoms with Gasteiger partial charge in [-0.25, -0.2) is 0 Å². The number of hydrogen-bond donors (Lipinski definition) is 1. The third-order valence-electron chi connectivity index (χ3n) is 8.66. The summed E-state index contributed by atoms with van der Waals surface area (Å²) in [4.78, 5) is 33.9. The predicted molar refractivity (Wildman–Crippen MR) is 129 cm³/mol. The Labute approximate surface area is 220 Å². The molecule has 3 fully saturated rings. The molecule has 1 aromatic heterocycles. The van der Waals surface area contributed by atoms with Crippen molar-refractivity contribution in [3.63, 3.8) is 0 Å². The van der Waals surface area contributed by atoms with E-state index in [1.54, 1.807) is 12.0 Å². The number of aromatic nitrogens is 1. The molecule has 1 amide bonds. The molecule has 9 nitrogen and oxygen atoms in total. The van der Waals surface area contributed by atoms with E-state index in [9.17, 15) is 22.8 Å². The summed E-state index contributed by atoms with van der Waals surface area (Å²) in [5.74, 6) is -0.401. The van der Waals surface area contributed by atoms with Gasteiger partial charge in [0.2, 0.25) is 5.91 Å². The molecule has 12 heteroatoms. The molecule has 210 valence electrons. The molecule has 5 rings (SSSR count). The fraction of sp³-hybridized carbons (Fsp3) is 0.731. The summed E-state index contributed by atoms with van der Waals surface area (Å²) in [5, 5.41) is 3.72.